The van der Waals surface area contributed by atoms with Crippen LogP contribution >= 0.6 is 0 Å². The Morgan fingerprint density at radius 2 is 1.74 bits per heavy atom. The molecule has 1 N–H and O–H groups in total. The molecule has 27 heavy (non-hydrogen) atoms. The molecule has 144 valence electrons. The Morgan fingerprint density at radius 3 is 2.30 bits per heavy atom. The Labute approximate surface area is 157 Å². The van der Waals surface area contributed by atoms with E-state index < -0.39 is 6.61 Å². The van der Waals surface area contributed by atoms with Gasteiger partial charge in [0.05, 0.1) is 6.21 Å². The van der Waals surface area contributed by atoms with Crippen molar-refractivity contribution >= 4 is 17.8 Å². The number of hydrogen-bond donors (Lipinski definition) is 1. The summed E-state index contributed by atoms with van der Waals surface area (Å²) < 4.78 is 28.4. The zero-order valence-electron chi connectivity index (χ0n) is 15.4. The van der Waals surface area contributed by atoms with Crippen LogP contribution in [-0.2, 0) is 15.0 Å². The van der Waals surface area contributed by atoms with Gasteiger partial charge in [0.25, 0.3) is 5.91 Å². The lowest BCUT2D eigenvalue weighted by molar-refractivity contribution is -0.120. The molecule has 0 aliphatic rings. The quantitative estimate of drug-likeness (QED) is 0.569. The topological polar surface area (TPSA) is 59.9 Å². The first-order valence-electron chi connectivity index (χ1n) is 8.34. The van der Waals surface area contributed by atoms with Crippen LogP contribution in [0.5, 0.6) is 5.75 Å². The van der Waals surface area contributed by atoms with Crippen molar-refractivity contribution in [2.75, 3.05) is 11.9 Å². The zero-order valence-corrected chi connectivity index (χ0v) is 15.4. The largest absolute Gasteiger partial charge is 0.435 e. The Bertz CT molecular complexity index is 767. The fourth-order valence-electron chi connectivity index (χ4n) is 2.18. The van der Waals surface area contributed by atoms with Crippen molar-refractivity contribution in [3.8, 4) is 5.75 Å². The lowest BCUT2D eigenvalue weighted by Gasteiger charge is -2.19. The molecular weight excluding hydrogens is 354 g/mol. The van der Waals surface area contributed by atoms with Gasteiger partial charge in [-0.25, -0.2) is 0 Å². The SMILES string of the molecule is CC(C)(C)c1ccc(NC(=O)CO/N=C\c2ccc(OC(F)F)cc2)cc1. The monoisotopic (exact) mass is 376 g/mol. The number of carbonyl (C=O) groups excluding carboxylic acids is 1. The van der Waals surface area contributed by atoms with Crippen LogP contribution in [0, 0.1) is 0 Å². The predicted molar refractivity (Wildman–Crippen MR) is 100 cm³/mol. The van der Waals surface area contributed by atoms with E-state index in [1.165, 1.54) is 23.9 Å². The Balaban J connectivity index is 1.77. The van der Waals surface area contributed by atoms with Crippen LogP contribution in [0.2, 0.25) is 0 Å². The van der Waals surface area contributed by atoms with Gasteiger partial charge in [-0.05, 0) is 52.9 Å². The van der Waals surface area contributed by atoms with Crippen LogP contribution in [0.4, 0.5) is 14.5 Å². The average molecular weight is 376 g/mol. The zero-order chi connectivity index (χ0) is 19.9. The number of oxime groups is 1. The number of nitrogens with zero attached hydrogens (tertiary/aromatic N) is 1. The van der Waals surface area contributed by atoms with Gasteiger partial charge in [0.2, 0.25) is 0 Å². The van der Waals surface area contributed by atoms with Crippen molar-refractivity contribution in [1.82, 2.24) is 0 Å². The summed E-state index contributed by atoms with van der Waals surface area (Å²) in [6.07, 6.45) is 1.37. The Kier molecular flexibility index (Phi) is 6.87. The smallest absolute Gasteiger partial charge is 0.387 e. The number of rotatable bonds is 7. The van der Waals surface area contributed by atoms with Gasteiger partial charge in [-0.3, -0.25) is 4.79 Å². The predicted octanol–water partition coefficient (Wildman–Crippen LogP) is 4.57. The van der Waals surface area contributed by atoms with Crippen LogP contribution in [0.1, 0.15) is 31.9 Å². The number of carbonyl (C=O) groups is 1. The van der Waals surface area contributed by atoms with Crippen molar-refractivity contribution in [1.29, 1.82) is 0 Å². The molecule has 2 aromatic carbocycles. The molecule has 0 saturated heterocycles. The van der Waals surface area contributed by atoms with Gasteiger partial charge >= 0.3 is 6.61 Å². The Morgan fingerprint density at radius 1 is 1.11 bits per heavy atom. The lowest BCUT2D eigenvalue weighted by Crippen LogP contribution is -2.17. The molecule has 0 saturated carbocycles. The highest BCUT2D eigenvalue weighted by Gasteiger charge is 2.13. The third kappa shape index (κ3) is 7.05. The van der Waals surface area contributed by atoms with Crippen LogP contribution in [0.3, 0.4) is 0 Å². The summed E-state index contributed by atoms with van der Waals surface area (Å²) in [5, 5.41) is 6.40. The minimum absolute atomic E-state index is 0.0458. The van der Waals surface area contributed by atoms with Crippen LogP contribution in [0.25, 0.3) is 0 Å². The highest BCUT2D eigenvalue weighted by atomic mass is 19.3. The molecule has 0 spiro atoms. The normalized spacial score (nSPS) is 11.6. The van der Waals surface area contributed by atoms with Crippen molar-refractivity contribution < 1.29 is 23.1 Å². The van der Waals surface area contributed by atoms with E-state index in [0.29, 0.717) is 11.3 Å². The molecule has 0 heterocycles. The van der Waals surface area contributed by atoms with E-state index in [2.05, 4.69) is 36.0 Å². The second-order valence-electron chi connectivity index (χ2n) is 6.83. The van der Waals surface area contributed by atoms with Gasteiger partial charge in [-0.2, -0.15) is 8.78 Å². The maximum Gasteiger partial charge on any atom is 0.387 e. The van der Waals surface area contributed by atoms with Crippen molar-refractivity contribution in [3.05, 3.63) is 59.7 Å². The molecule has 0 aromatic heterocycles. The van der Waals surface area contributed by atoms with Gasteiger partial charge < -0.3 is 14.9 Å². The van der Waals surface area contributed by atoms with Crippen molar-refractivity contribution in [3.63, 3.8) is 0 Å². The third-order valence-electron chi connectivity index (χ3n) is 3.61. The number of benzene rings is 2. The van der Waals surface area contributed by atoms with E-state index in [1.54, 1.807) is 12.1 Å². The number of alkyl halides is 2. The van der Waals surface area contributed by atoms with Crippen LogP contribution < -0.4 is 10.1 Å². The van der Waals surface area contributed by atoms with E-state index >= 15 is 0 Å². The summed E-state index contributed by atoms with van der Waals surface area (Å²) in [7, 11) is 0. The van der Waals surface area contributed by atoms with E-state index in [-0.39, 0.29) is 23.7 Å². The Hall–Kier alpha value is -2.96. The van der Waals surface area contributed by atoms with E-state index in [1.807, 2.05) is 24.3 Å². The van der Waals surface area contributed by atoms with Gasteiger partial charge in [-0.1, -0.05) is 38.1 Å². The number of ether oxygens (including phenoxy) is 1. The first kappa shape index (κ1) is 20.4. The maximum atomic E-state index is 12.1. The molecular formula is C20H22F2N2O3. The maximum absolute atomic E-state index is 12.1. The molecule has 1 amide bonds. The van der Waals surface area contributed by atoms with Crippen molar-refractivity contribution in [2.45, 2.75) is 32.8 Å². The third-order valence-corrected chi connectivity index (χ3v) is 3.61. The second kappa shape index (κ2) is 9.12. The van der Waals surface area contributed by atoms with Gasteiger partial charge in [0.15, 0.2) is 6.61 Å². The lowest BCUT2D eigenvalue weighted by atomic mass is 9.87. The number of anilines is 1. The van der Waals surface area contributed by atoms with Gasteiger partial charge in [0, 0.05) is 5.69 Å². The van der Waals surface area contributed by atoms with E-state index in [9.17, 15) is 13.6 Å². The highest BCUT2D eigenvalue weighted by molar-refractivity contribution is 5.91. The fraction of sp³-hybridized carbons (Fsp3) is 0.300. The molecule has 0 atom stereocenters. The first-order chi connectivity index (χ1) is 12.7. The van der Waals surface area contributed by atoms with Crippen molar-refractivity contribution in [2.24, 2.45) is 5.16 Å². The second-order valence-corrected chi connectivity index (χ2v) is 6.83. The van der Waals surface area contributed by atoms with Gasteiger partial charge in [0.1, 0.15) is 5.75 Å². The average Bonchev–Trinajstić information content (AvgIpc) is 2.59. The number of hydrogen-bond acceptors (Lipinski definition) is 4. The number of halogens is 2. The molecule has 0 unspecified atom stereocenters. The van der Waals surface area contributed by atoms with Gasteiger partial charge in [-0.15, -0.1) is 0 Å². The first-order valence-corrected chi connectivity index (χ1v) is 8.34. The summed E-state index contributed by atoms with van der Waals surface area (Å²) in [5.41, 5.74) is 2.51. The molecule has 0 aliphatic carbocycles. The molecule has 2 aromatic rings. The molecule has 2 rings (SSSR count). The van der Waals surface area contributed by atoms with E-state index in [0.717, 1.165) is 0 Å². The summed E-state index contributed by atoms with van der Waals surface area (Å²) in [4.78, 5) is 16.8. The minimum atomic E-state index is -2.86. The highest BCUT2D eigenvalue weighted by Crippen LogP contribution is 2.23. The van der Waals surface area contributed by atoms with Crippen LogP contribution in [0.15, 0.2) is 53.7 Å². The molecule has 5 nitrogen and oxygen atoms in total. The minimum Gasteiger partial charge on any atom is -0.435 e. The molecule has 0 aliphatic heterocycles. The van der Waals surface area contributed by atoms with Crippen LogP contribution in [-0.4, -0.2) is 25.3 Å². The molecule has 0 fully saturated rings. The molecule has 0 radical (unpaired) electrons. The standard InChI is InChI=1S/C20H22F2N2O3/c1-20(2,3)15-6-8-16(9-7-15)24-18(25)13-26-23-12-14-4-10-17(11-5-14)27-19(21)22/h4-12,19H,13H2,1-3H3,(H,24,25)/b23-12-. The number of nitrogens with one attached hydrogen (secondary N) is 1. The molecule has 0 bridgehead atoms. The molecule has 7 heteroatoms. The summed E-state index contributed by atoms with van der Waals surface area (Å²) in [6, 6.07) is 13.5. The fourth-order valence-corrected chi connectivity index (χ4v) is 2.18. The summed E-state index contributed by atoms with van der Waals surface area (Å²) in [5.74, 6) is -0.281. The van der Waals surface area contributed by atoms with E-state index in [4.69, 9.17) is 4.84 Å². The number of amides is 1. The summed E-state index contributed by atoms with van der Waals surface area (Å²) >= 11 is 0. The summed E-state index contributed by atoms with van der Waals surface area (Å²) in [6.45, 7) is 3.24.